The Kier molecular flexibility index (Phi) is 4.97. The molecule has 1 aliphatic rings. The Morgan fingerprint density at radius 3 is 2.65 bits per heavy atom. The van der Waals surface area contributed by atoms with E-state index in [1.165, 1.54) is 0 Å². The van der Waals surface area contributed by atoms with Crippen molar-refractivity contribution >= 4 is 17.7 Å². The summed E-state index contributed by atoms with van der Waals surface area (Å²) < 4.78 is 0. The van der Waals surface area contributed by atoms with Gasteiger partial charge in [-0.2, -0.15) is 0 Å². The van der Waals surface area contributed by atoms with E-state index in [-0.39, 0.29) is 11.6 Å². The molecule has 1 aliphatic heterocycles. The summed E-state index contributed by atoms with van der Waals surface area (Å²) in [4.78, 5) is 35.9. The van der Waals surface area contributed by atoms with Crippen LogP contribution in [-0.2, 0) is 12.8 Å². The van der Waals surface area contributed by atoms with E-state index in [4.69, 9.17) is 0 Å². The Bertz CT molecular complexity index is 888. The molecule has 0 saturated carbocycles. The molecular weight excluding hydrogens is 330 g/mol. The molecule has 0 saturated heterocycles. The van der Waals surface area contributed by atoms with Crippen LogP contribution < -0.4 is 15.8 Å². The number of nitrogens with zero attached hydrogens (tertiary/aromatic N) is 3. The van der Waals surface area contributed by atoms with Gasteiger partial charge in [0.15, 0.2) is 0 Å². The van der Waals surface area contributed by atoms with Crippen molar-refractivity contribution in [2.75, 3.05) is 37.4 Å². The third kappa shape index (κ3) is 3.71. The van der Waals surface area contributed by atoms with Crippen LogP contribution in [0.5, 0.6) is 0 Å². The number of hydrogen-bond donors (Lipinski definition) is 2. The van der Waals surface area contributed by atoms with E-state index in [0.29, 0.717) is 37.4 Å². The van der Waals surface area contributed by atoms with E-state index in [1.807, 2.05) is 46.1 Å². The Labute approximate surface area is 153 Å². The summed E-state index contributed by atoms with van der Waals surface area (Å²) in [6.45, 7) is 5.03. The van der Waals surface area contributed by atoms with E-state index < -0.39 is 0 Å². The second-order valence-corrected chi connectivity index (χ2v) is 6.94. The highest BCUT2D eigenvalue weighted by Crippen LogP contribution is 2.18. The Morgan fingerprint density at radius 2 is 1.96 bits per heavy atom. The molecule has 2 heterocycles. The molecule has 26 heavy (non-hydrogen) atoms. The Morgan fingerprint density at radius 1 is 1.23 bits per heavy atom. The van der Waals surface area contributed by atoms with Crippen molar-refractivity contribution in [1.82, 2.24) is 14.9 Å². The van der Waals surface area contributed by atoms with Crippen LogP contribution in [0, 0.1) is 13.8 Å². The molecule has 0 aliphatic carbocycles. The van der Waals surface area contributed by atoms with Crippen molar-refractivity contribution in [2.45, 2.75) is 26.7 Å². The monoisotopic (exact) mass is 355 g/mol. The molecule has 3 rings (SSSR count). The molecule has 0 fully saturated rings. The number of hydrogen-bond acceptors (Lipinski definition) is 4. The summed E-state index contributed by atoms with van der Waals surface area (Å²) >= 11 is 0. The molecule has 0 radical (unpaired) electrons. The van der Waals surface area contributed by atoms with E-state index in [1.54, 1.807) is 9.80 Å². The highest BCUT2D eigenvalue weighted by Gasteiger charge is 2.22. The largest absolute Gasteiger partial charge is 0.348 e. The smallest absolute Gasteiger partial charge is 0.321 e. The van der Waals surface area contributed by atoms with Gasteiger partial charge in [-0.05, 0) is 31.9 Å². The Balaban J connectivity index is 1.75. The molecule has 0 unspecified atom stereocenters. The lowest BCUT2D eigenvalue weighted by atomic mass is 10.1. The number of nitrogens with one attached hydrogen (secondary N) is 2. The lowest BCUT2D eigenvalue weighted by Gasteiger charge is -2.21. The van der Waals surface area contributed by atoms with Gasteiger partial charge in [-0.3, -0.25) is 9.78 Å². The highest BCUT2D eigenvalue weighted by atomic mass is 16.2. The number of aryl methyl sites for hydroxylation is 2. The van der Waals surface area contributed by atoms with Gasteiger partial charge in [0, 0.05) is 44.9 Å². The maximum Gasteiger partial charge on any atom is 0.321 e. The quantitative estimate of drug-likeness (QED) is 0.864. The Hall–Kier alpha value is -2.83. The number of carbonyl (C=O) groups excluding carboxylic acids is 1. The van der Waals surface area contributed by atoms with Gasteiger partial charge in [-0.1, -0.05) is 17.7 Å². The van der Waals surface area contributed by atoms with Gasteiger partial charge in [0.25, 0.3) is 5.56 Å². The summed E-state index contributed by atoms with van der Waals surface area (Å²) in [5.74, 6) is 0.543. The second kappa shape index (κ2) is 7.19. The van der Waals surface area contributed by atoms with E-state index in [2.05, 4.69) is 15.3 Å². The minimum Gasteiger partial charge on any atom is -0.348 e. The number of urea groups is 1. The van der Waals surface area contributed by atoms with Crippen molar-refractivity contribution in [3.05, 3.63) is 50.9 Å². The van der Waals surface area contributed by atoms with Crippen LogP contribution in [0.4, 0.5) is 16.4 Å². The first kappa shape index (κ1) is 18.0. The fourth-order valence-electron chi connectivity index (χ4n) is 3.16. The third-order valence-corrected chi connectivity index (χ3v) is 4.67. The number of carbonyl (C=O) groups is 1. The van der Waals surface area contributed by atoms with Crippen LogP contribution in [0.1, 0.15) is 22.4 Å². The topological polar surface area (TPSA) is 81.3 Å². The van der Waals surface area contributed by atoms with Gasteiger partial charge in [-0.25, -0.2) is 9.78 Å². The molecule has 138 valence electrons. The summed E-state index contributed by atoms with van der Waals surface area (Å²) in [5.41, 5.74) is 4.35. The third-order valence-electron chi connectivity index (χ3n) is 4.67. The summed E-state index contributed by atoms with van der Waals surface area (Å²) in [5, 5.41) is 2.98. The molecule has 1 aromatic carbocycles. The van der Waals surface area contributed by atoms with Gasteiger partial charge in [0.05, 0.1) is 5.69 Å². The zero-order valence-electron chi connectivity index (χ0n) is 15.7. The number of fused-ring (bicyclic) bond motifs is 1. The van der Waals surface area contributed by atoms with Gasteiger partial charge in [-0.15, -0.1) is 0 Å². The summed E-state index contributed by atoms with van der Waals surface area (Å²) in [6, 6.07) is 5.80. The van der Waals surface area contributed by atoms with Crippen LogP contribution in [0.2, 0.25) is 0 Å². The van der Waals surface area contributed by atoms with Crippen molar-refractivity contribution in [3.63, 3.8) is 0 Å². The minimum atomic E-state index is -0.144. The average molecular weight is 355 g/mol. The summed E-state index contributed by atoms with van der Waals surface area (Å²) in [6.07, 6.45) is 1.08. The zero-order chi connectivity index (χ0) is 18.8. The molecule has 2 amide bonds. The van der Waals surface area contributed by atoms with Crippen molar-refractivity contribution in [3.8, 4) is 0 Å². The van der Waals surface area contributed by atoms with E-state index in [9.17, 15) is 9.59 Å². The number of aromatic nitrogens is 2. The van der Waals surface area contributed by atoms with Gasteiger partial charge < -0.3 is 15.1 Å². The van der Waals surface area contributed by atoms with Crippen molar-refractivity contribution < 1.29 is 4.79 Å². The van der Waals surface area contributed by atoms with E-state index in [0.717, 1.165) is 22.5 Å². The molecule has 7 heteroatoms. The molecular formula is C19H25N5O2. The number of aromatic amines is 1. The molecule has 2 N–H and O–H groups in total. The molecule has 2 aromatic rings. The SMILES string of the molecule is Cc1ccc(NC(=O)N2CCc3nc(N(C)C)[nH]c(=O)c3CC2)c(C)c1. The van der Waals surface area contributed by atoms with Crippen LogP contribution in [-0.4, -0.2) is 48.1 Å². The first-order valence-electron chi connectivity index (χ1n) is 8.77. The number of rotatable bonds is 2. The lowest BCUT2D eigenvalue weighted by molar-refractivity contribution is 0.214. The van der Waals surface area contributed by atoms with Gasteiger partial charge in [0.2, 0.25) is 5.95 Å². The number of H-pyrrole nitrogens is 1. The average Bonchev–Trinajstić information content (AvgIpc) is 2.80. The number of amides is 2. The maximum absolute atomic E-state index is 12.7. The molecule has 7 nitrogen and oxygen atoms in total. The van der Waals surface area contributed by atoms with Gasteiger partial charge in [0.1, 0.15) is 0 Å². The number of benzene rings is 1. The fraction of sp³-hybridized carbons (Fsp3) is 0.421. The van der Waals surface area contributed by atoms with Crippen LogP contribution in [0.25, 0.3) is 0 Å². The van der Waals surface area contributed by atoms with Crippen molar-refractivity contribution in [2.24, 2.45) is 0 Å². The van der Waals surface area contributed by atoms with Crippen LogP contribution >= 0.6 is 0 Å². The van der Waals surface area contributed by atoms with Gasteiger partial charge >= 0.3 is 6.03 Å². The normalized spacial score (nSPS) is 13.8. The van der Waals surface area contributed by atoms with Crippen LogP contribution in [0.3, 0.4) is 0 Å². The maximum atomic E-state index is 12.7. The minimum absolute atomic E-state index is 0.115. The lowest BCUT2D eigenvalue weighted by Crippen LogP contribution is -2.37. The molecule has 0 spiro atoms. The zero-order valence-corrected chi connectivity index (χ0v) is 15.7. The molecule has 0 bridgehead atoms. The predicted molar refractivity (Wildman–Crippen MR) is 103 cm³/mol. The first-order valence-corrected chi connectivity index (χ1v) is 8.77. The first-order chi connectivity index (χ1) is 12.3. The number of anilines is 2. The predicted octanol–water partition coefficient (Wildman–Crippen LogP) is 2.09. The summed E-state index contributed by atoms with van der Waals surface area (Å²) in [7, 11) is 3.68. The van der Waals surface area contributed by atoms with Crippen molar-refractivity contribution in [1.29, 1.82) is 0 Å². The fourth-order valence-corrected chi connectivity index (χ4v) is 3.16. The second-order valence-electron chi connectivity index (χ2n) is 6.94. The highest BCUT2D eigenvalue weighted by molar-refractivity contribution is 5.90. The van der Waals surface area contributed by atoms with Crippen LogP contribution in [0.15, 0.2) is 23.0 Å². The van der Waals surface area contributed by atoms with E-state index >= 15 is 0 Å². The molecule has 0 atom stereocenters. The molecule has 1 aromatic heterocycles. The standard InChI is InChI=1S/C19H25N5O2/c1-12-5-6-15(13(2)11-12)21-19(26)24-9-7-14-16(8-10-24)20-18(23(3)4)22-17(14)25/h5-6,11H,7-10H2,1-4H3,(H,21,26)(H,20,22,25).